The Hall–Kier alpha value is -2.58. The fraction of sp³-hybridized carbons (Fsp3) is 0.545. The maximum Gasteiger partial charge on any atom is 0.262 e. The van der Waals surface area contributed by atoms with Crippen molar-refractivity contribution in [1.82, 2.24) is 15.5 Å². The number of hydrogen-bond donors (Lipinski definition) is 3. The van der Waals surface area contributed by atoms with Gasteiger partial charge in [0, 0.05) is 25.0 Å². The number of carbonyl (C=O) groups excluding carboxylic acids is 4. The van der Waals surface area contributed by atoms with Crippen LogP contribution in [-0.4, -0.2) is 46.7 Å². The van der Waals surface area contributed by atoms with Crippen LogP contribution in [0.3, 0.4) is 0 Å². The zero-order valence-corrected chi connectivity index (χ0v) is 17.7. The molecule has 2 fully saturated rings. The van der Waals surface area contributed by atoms with Crippen molar-refractivity contribution in [1.29, 1.82) is 0 Å². The lowest BCUT2D eigenvalue weighted by atomic mass is 9.48. The molecule has 0 bridgehead atoms. The van der Waals surface area contributed by atoms with Crippen LogP contribution in [0.2, 0.25) is 0 Å². The number of carbonyl (C=O) groups is 4. The summed E-state index contributed by atoms with van der Waals surface area (Å²) in [7, 11) is 0. The SMILES string of the molecule is CC1(C)C(N)C(C)(C)C1NCc1ccc2c(c1)C(=O)N(C1CCC(=O)NC1=O)C2=O. The van der Waals surface area contributed by atoms with Crippen molar-refractivity contribution in [3.05, 3.63) is 34.9 Å². The number of hydrogen-bond acceptors (Lipinski definition) is 6. The van der Waals surface area contributed by atoms with Gasteiger partial charge < -0.3 is 11.1 Å². The number of nitrogens with one attached hydrogen (secondary N) is 2. The Kier molecular flexibility index (Phi) is 4.63. The summed E-state index contributed by atoms with van der Waals surface area (Å²) < 4.78 is 0. The third kappa shape index (κ3) is 2.89. The topological polar surface area (TPSA) is 122 Å². The Bertz CT molecular complexity index is 952. The summed E-state index contributed by atoms with van der Waals surface area (Å²) in [5.41, 5.74) is 7.70. The Balaban J connectivity index is 1.51. The van der Waals surface area contributed by atoms with Gasteiger partial charge in [-0.2, -0.15) is 0 Å². The molecule has 1 atom stereocenters. The second-order valence-corrected chi connectivity index (χ2v) is 9.76. The fourth-order valence-corrected chi connectivity index (χ4v) is 5.55. The van der Waals surface area contributed by atoms with Crippen LogP contribution in [0, 0.1) is 10.8 Å². The number of imide groups is 2. The molecule has 4 N–H and O–H groups in total. The molecule has 1 aromatic rings. The molecule has 0 radical (unpaired) electrons. The maximum absolute atomic E-state index is 12.9. The first kappa shape index (κ1) is 20.7. The quantitative estimate of drug-likeness (QED) is 0.633. The monoisotopic (exact) mass is 412 g/mol. The lowest BCUT2D eigenvalue weighted by molar-refractivity contribution is -0.136. The van der Waals surface area contributed by atoms with E-state index >= 15 is 0 Å². The smallest absolute Gasteiger partial charge is 0.262 e. The van der Waals surface area contributed by atoms with Crippen LogP contribution in [0.5, 0.6) is 0 Å². The van der Waals surface area contributed by atoms with E-state index in [2.05, 4.69) is 38.3 Å². The molecular weight excluding hydrogens is 384 g/mol. The predicted molar refractivity (Wildman–Crippen MR) is 109 cm³/mol. The summed E-state index contributed by atoms with van der Waals surface area (Å²) in [4.78, 5) is 50.3. The first-order chi connectivity index (χ1) is 14.0. The summed E-state index contributed by atoms with van der Waals surface area (Å²) in [5.74, 6) is -1.97. The average molecular weight is 412 g/mol. The van der Waals surface area contributed by atoms with Crippen molar-refractivity contribution < 1.29 is 19.2 Å². The van der Waals surface area contributed by atoms with E-state index in [4.69, 9.17) is 5.73 Å². The first-order valence-electron chi connectivity index (χ1n) is 10.3. The predicted octanol–water partition coefficient (Wildman–Crippen LogP) is 0.939. The van der Waals surface area contributed by atoms with E-state index in [0.717, 1.165) is 10.5 Å². The zero-order valence-electron chi connectivity index (χ0n) is 17.7. The van der Waals surface area contributed by atoms with Crippen LogP contribution in [0.25, 0.3) is 0 Å². The van der Waals surface area contributed by atoms with Crippen LogP contribution in [0.1, 0.15) is 66.8 Å². The minimum Gasteiger partial charge on any atom is -0.327 e. The van der Waals surface area contributed by atoms with E-state index in [1.165, 1.54) is 0 Å². The molecule has 8 nitrogen and oxygen atoms in total. The molecule has 0 aromatic heterocycles. The molecule has 1 unspecified atom stereocenters. The molecule has 1 aliphatic carbocycles. The van der Waals surface area contributed by atoms with E-state index in [9.17, 15) is 19.2 Å². The van der Waals surface area contributed by atoms with Gasteiger partial charge in [0.2, 0.25) is 11.8 Å². The number of fused-ring (bicyclic) bond motifs is 1. The lowest BCUT2D eigenvalue weighted by Gasteiger charge is -2.63. The van der Waals surface area contributed by atoms with Crippen LogP contribution >= 0.6 is 0 Å². The molecule has 4 rings (SSSR count). The normalized spacial score (nSPS) is 29.5. The van der Waals surface area contributed by atoms with E-state index in [-0.39, 0.29) is 41.7 Å². The van der Waals surface area contributed by atoms with Gasteiger partial charge in [-0.25, -0.2) is 0 Å². The van der Waals surface area contributed by atoms with Crippen molar-refractivity contribution >= 4 is 23.6 Å². The van der Waals surface area contributed by atoms with Gasteiger partial charge in [0.05, 0.1) is 11.1 Å². The van der Waals surface area contributed by atoms with Gasteiger partial charge in [0.25, 0.3) is 11.8 Å². The Morgan fingerprint density at radius 1 is 1.07 bits per heavy atom. The zero-order chi connectivity index (χ0) is 22.0. The van der Waals surface area contributed by atoms with Gasteiger partial charge in [-0.05, 0) is 34.9 Å². The summed E-state index contributed by atoms with van der Waals surface area (Å²) in [6.45, 7) is 9.11. The van der Waals surface area contributed by atoms with E-state index in [0.29, 0.717) is 17.7 Å². The third-order valence-electron chi connectivity index (χ3n) is 7.11. The molecule has 8 heteroatoms. The van der Waals surface area contributed by atoms with Crippen LogP contribution in [0.15, 0.2) is 18.2 Å². The molecule has 0 spiro atoms. The highest BCUT2D eigenvalue weighted by Crippen LogP contribution is 2.52. The summed E-state index contributed by atoms with van der Waals surface area (Å²) in [6.07, 6.45) is 0.255. The minimum absolute atomic E-state index is 0.0470. The summed E-state index contributed by atoms with van der Waals surface area (Å²) >= 11 is 0. The van der Waals surface area contributed by atoms with Gasteiger partial charge in [-0.3, -0.25) is 29.4 Å². The van der Waals surface area contributed by atoms with Gasteiger partial charge in [-0.1, -0.05) is 33.8 Å². The van der Waals surface area contributed by atoms with Gasteiger partial charge in [0.1, 0.15) is 6.04 Å². The molecule has 2 heterocycles. The summed E-state index contributed by atoms with van der Waals surface area (Å²) in [5, 5.41) is 5.76. The standard InChI is InChI=1S/C22H28N4O4/c1-21(2)19(23)22(3,4)20(21)24-10-11-5-6-12-13(9-11)18(30)26(17(12)29)14-7-8-15(27)25-16(14)28/h5-6,9,14,19-20,24H,7-8,10,23H2,1-4H3,(H,25,27,28). The van der Waals surface area contributed by atoms with Crippen molar-refractivity contribution in [3.8, 4) is 0 Å². The molecule has 160 valence electrons. The molecular formula is C22H28N4O4. The number of benzene rings is 1. The van der Waals surface area contributed by atoms with Crippen molar-refractivity contribution in [2.75, 3.05) is 0 Å². The second-order valence-electron chi connectivity index (χ2n) is 9.76. The summed E-state index contributed by atoms with van der Waals surface area (Å²) in [6, 6.07) is 4.53. The van der Waals surface area contributed by atoms with Crippen LogP contribution in [0.4, 0.5) is 0 Å². The van der Waals surface area contributed by atoms with E-state index in [1.807, 2.05) is 6.07 Å². The third-order valence-corrected chi connectivity index (χ3v) is 7.11. The number of amides is 4. The highest BCUT2D eigenvalue weighted by Gasteiger charge is 2.59. The number of nitrogens with zero attached hydrogens (tertiary/aromatic N) is 1. The van der Waals surface area contributed by atoms with Crippen molar-refractivity contribution in [3.63, 3.8) is 0 Å². The van der Waals surface area contributed by atoms with Gasteiger partial charge >= 0.3 is 0 Å². The average Bonchev–Trinajstić information content (AvgIpc) is 2.91. The highest BCUT2D eigenvalue weighted by molar-refractivity contribution is 6.23. The van der Waals surface area contributed by atoms with Gasteiger partial charge in [-0.15, -0.1) is 0 Å². The molecule has 1 saturated heterocycles. The van der Waals surface area contributed by atoms with E-state index in [1.54, 1.807) is 12.1 Å². The number of nitrogens with two attached hydrogens (primary N) is 1. The van der Waals surface area contributed by atoms with E-state index < -0.39 is 23.8 Å². The van der Waals surface area contributed by atoms with Crippen LogP contribution < -0.4 is 16.4 Å². The molecule has 1 saturated carbocycles. The van der Waals surface area contributed by atoms with Crippen LogP contribution in [-0.2, 0) is 16.1 Å². The van der Waals surface area contributed by atoms with Crippen molar-refractivity contribution in [2.24, 2.45) is 16.6 Å². The Morgan fingerprint density at radius 2 is 1.70 bits per heavy atom. The lowest BCUT2D eigenvalue weighted by Crippen LogP contribution is -2.75. The highest BCUT2D eigenvalue weighted by atomic mass is 16.2. The van der Waals surface area contributed by atoms with Crippen molar-refractivity contribution in [2.45, 2.75) is 65.2 Å². The first-order valence-corrected chi connectivity index (χ1v) is 10.3. The molecule has 4 amide bonds. The Labute approximate surface area is 175 Å². The number of piperidine rings is 1. The maximum atomic E-state index is 12.9. The molecule has 30 heavy (non-hydrogen) atoms. The largest absolute Gasteiger partial charge is 0.327 e. The fourth-order valence-electron chi connectivity index (χ4n) is 5.55. The molecule has 2 aliphatic heterocycles. The van der Waals surface area contributed by atoms with Gasteiger partial charge in [0.15, 0.2) is 0 Å². The second kappa shape index (κ2) is 6.72. The molecule has 1 aromatic carbocycles. The molecule has 3 aliphatic rings. The minimum atomic E-state index is -0.949. The number of rotatable bonds is 4. The Morgan fingerprint density at radius 3 is 2.33 bits per heavy atom.